The molecule has 0 spiro atoms. The van der Waals surface area contributed by atoms with Gasteiger partial charge in [-0.25, -0.2) is 4.79 Å². The Morgan fingerprint density at radius 3 is 2.68 bits per heavy atom. The molecule has 1 aromatic carbocycles. The summed E-state index contributed by atoms with van der Waals surface area (Å²) in [5, 5.41) is 7.54. The van der Waals surface area contributed by atoms with E-state index < -0.39 is 0 Å². The third kappa shape index (κ3) is 3.70. The molecule has 0 saturated carbocycles. The number of carbonyl (C=O) groups excluding carboxylic acids is 1. The minimum Gasteiger partial charge on any atom is -0.324 e. The van der Waals surface area contributed by atoms with Gasteiger partial charge in [-0.2, -0.15) is 5.10 Å². The lowest BCUT2D eigenvalue weighted by Gasteiger charge is -2.40. The summed E-state index contributed by atoms with van der Waals surface area (Å²) >= 11 is 0. The van der Waals surface area contributed by atoms with E-state index in [-0.39, 0.29) is 17.4 Å². The molecule has 1 atom stereocenters. The van der Waals surface area contributed by atoms with E-state index in [1.807, 2.05) is 24.2 Å². The Kier molecular flexibility index (Phi) is 4.84. The molecule has 0 unspecified atom stereocenters. The molecule has 25 heavy (non-hydrogen) atoms. The summed E-state index contributed by atoms with van der Waals surface area (Å²) in [6.45, 7) is 7.97. The van der Waals surface area contributed by atoms with E-state index in [1.165, 1.54) is 5.56 Å². The van der Waals surface area contributed by atoms with Crippen molar-refractivity contribution >= 4 is 11.7 Å². The number of amides is 2. The van der Waals surface area contributed by atoms with Crippen LogP contribution in [0.2, 0.25) is 0 Å². The number of nitrogens with one attached hydrogen (secondary N) is 1. The fraction of sp³-hybridized carbons (Fsp3) is 0.500. The van der Waals surface area contributed by atoms with Crippen molar-refractivity contribution in [2.45, 2.75) is 44.9 Å². The number of carbonyl (C=O) groups is 1. The molecule has 5 nitrogen and oxygen atoms in total. The summed E-state index contributed by atoms with van der Waals surface area (Å²) in [6, 6.07) is 10.5. The summed E-state index contributed by atoms with van der Waals surface area (Å²) in [5.41, 5.74) is 3.05. The number of hydrogen-bond donors (Lipinski definition) is 1. The summed E-state index contributed by atoms with van der Waals surface area (Å²) in [5.74, 6) is 0.271. The minimum atomic E-state index is -0.0308. The number of rotatable bonds is 3. The van der Waals surface area contributed by atoms with Crippen LogP contribution in [-0.4, -0.2) is 33.8 Å². The third-order valence-electron chi connectivity index (χ3n) is 5.10. The quantitative estimate of drug-likeness (QED) is 0.913. The number of piperidine rings is 1. The van der Waals surface area contributed by atoms with Gasteiger partial charge < -0.3 is 10.2 Å². The van der Waals surface area contributed by atoms with Crippen LogP contribution in [0, 0.1) is 0 Å². The second kappa shape index (κ2) is 6.90. The van der Waals surface area contributed by atoms with Gasteiger partial charge in [0.25, 0.3) is 0 Å². The fourth-order valence-corrected chi connectivity index (χ4v) is 3.71. The van der Waals surface area contributed by atoms with E-state index in [9.17, 15) is 4.79 Å². The molecule has 1 fully saturated rings. The van der Waals surface area contributed by atoms with Crippen molar-refractivity contribution in [3.05, 3.63) is 47.8 Å². The van der Waals surface area contributed by atoms with Crippen molar-refractivity contribution in [1.82, 2.24) is 14.7 Å². The fourth-order valence-electron chi connectivity index (χ4n) is 3.71. The predicted octanol–water partition coefficient (Wildman–Crippen LogP) is 4.13. The molecule has 134 valence electrons. The van der Waals surface area contributed by atoms with E-state index in [1.54, 1.807) is 4.68 Å². The van der Waals surface area contributed by atoms with Crippen LogP contribution in [0.1, 0.15) is 50.8 Å². The van der Waals surface area contributed by atoms with Crippen LogP contribution in [0.5, 0.6) is 0 Å². The highest BCUT2D eigenvalue weighted by Crippen LogP contribution is 2.34. The second-order valence-electron chi connectivity index (χ2n) is 7.64. The lowest BCUT2D eigenvalue weighted by atomic mass is 9.76. The zero-order valence-electron chi connectivity index (χ0n) is 15.6. The van der Waals surface area contributed by atoms with E-state index in [0.29, 0.717) is 0 Å². The van der Waals surface area contributed by atoms with Crippen LogP contribution in [0.4, 0.5) is 10.5 Å². The third-order valence-corrected chi connectivity index (χ3v) is 5.10. The predicted molar refractivity (Wildman–Crippen MR) is 101 cm³/mol. The van der Waals surface area contributed by atoms with Crippen molar-refractivity contribution in [3.63, 3.8) is 0 Å². The number of likely N-dealkylation sites (tertiary alicyclic amines) is 1. The molecule has 5 heteroatoms. The lowest BCUT2D eigenvalue weighted by molar-refractivity contribution is 0.167. The molecule has 1 aliphatic heterocycles. The molecule has 1 aliphatic rings. The molecule has 2 aromatic rings. The Labute approximate surface area is 150 Å². The summed E-state index contributed by atoms with van der Waals surface area (Å²) < 4.78 is 1.76. The van der Waals surface area contributed by atoms with Gasteiger partial charge in [-0.15, -0.1) is 0 Å². The Morgan fingerprint density at radius 2 is 2.00 bits per heavy atom. The zero-order chi connectivity index (χ0) is 18.0. The topological polar surface area (TPSA) is 50.2 Å². The molecule has 1 N–H and O–H groups in total. The Bertz CT molecular complexity index is 737. The maximum absolute atomic E-state index is 12.8. The van der Waals surface area contributed by atoms with Gasteiger partial charge in [0, 0.05) is 31.7 Å². The maximum Gasteiger partial charge on any atom is 0.321 e. The van der Waals surface area contributed by atoms with Gasteiger partial charge in [-0.05, 0) is 24.3 Å². The normalized spacial score (nSPS) is 20.8. The highest BCUT2D eigenvalue weighted by atomic mass is 16.2. The average molecular weight is 340 g/mol. The van der Waals surface area contributed by atoms with Gasteiger partial charge in [0.15, 0.2) is 0 Å². The molecule has 0 aliphatic carbocycles. The molecule has 2 heterocycles. The van der Waals surface area contributed by atoms with Crippen molar-refractivity contribution in [2.75, 3.05) is 18.4 Å². The standard InChI is InChI=1S/C20H28N4O/c1-15(2)18-17(13-23(4)22-18)21-19(25)24-12-8-11-20(3,14-24)16-9-6-5-7-10-16/h5-7,9-10,13,15H,8,11-12,14H2,1-4H3,(H,21,25)/t20-/m1/s1. The molecular formula is C20H28N4O. The largest absolute Gasteiger partial charge is 0.324 e. The molecule has 0 bridgehead atoms. The van der Waals surface area contributed by atoms with Gasteiger partial charge in [-0.3, -0.25) is 4.68 Å². The number of nitrogens with zero attached hydrogens (tertiary/aromatic N) is 3. The van der Waals surface area contributed by atoms with E-state index in [2.05, 4.69) is 55.5 Å². The number of anilines is 1. The minimum absolute atomic E-state index is 0.00661. The van der Waals surface area contributed by atoms with Gasteiger partial charge in [-0.1, -0.05) is 51.1 Å². The first-order valence-corrected chi connectivity index (χ1v) is 9.04. The molecule has 1 saturated heterocycles. The number of aromatic nitrogens is 2. The molecule has 2 amide bonds. The number of urea groups is 1. The summed E-state index contributed by atoms with van der Waals surface area (Å²) in [7, 11) is 1.88. The van der Waals surface area contributed by atoms with Crippen molar-refractivity contribution < 1.29 is 4.79 Å². The van der Waals surface area contributed by atoms with E-state index in [4.69, 9.17) is 0 Å². The molecule has 0 radical (unpaired) electrons. The highest BCUT2D eigenvalue weighted by Gasteiger charge is 2.34. The first-order valence-electron chi connectivity index (χ1n) is 9.04. The Morgan fingerprint density at radius 1 is 1.28 bits per heavy atom. The number of aryl methyl sites for hydroxylation is 1. The smallest absolute Gasteiger partial charge is 0.321 e. The van der Waals surface area contributed by atoms with Crippen molar-refractivity contribution in [3.8, 4) is 0 Å². The van der Waals surface area contributed by atoms with Crippen LogP contribution in [-0.2, 0) is 12.5 Å². The Hall–Kier alpha value is -2.30. The van der Waals surface area contributed by atoms with E-state index >= 15 is 0 Å². The van der Waals surface area contributed by atoms with E-state index in [0.717, 1.165) is 37.3 Å². The number of benzene rings is 1. The van der Waals surface area contributed by atoms with Crippen molar-refractivity contribution in [2.24, 2.45) is 7.05 Å². The maximum atomic E-state index is 12.8. The first-order chi connectivity index (χ1) is 11.9. The SMILES string of the molecule is CC(C)c1nn(C)cc1NC(=O)N1CCC[C@@](C)(c2ccccc2)C1. The van der Waals surface area contributed by atoms with Gasteiger partial charge in [0.05, 0.1) is 11.4 Å². The van der Waals surface area contributed by atoms with Crippen LogP contribution in [0.15, 0.2) is 36.5 Å². The molecule has 1 aromatic heterocycles. The van der Waals surface area contributed by atoms with Gasteiger partial charge in [0.2, 0.25) is 0 Å². The highest BCUT2D eigenvalue weighted by molar-refractivity contribution is 5.90. The summed E-state index contributed by atoms with van der Waals surface area (Å²) in [4.78, 5) is 14.8. The van der Waals surface area contributed by atoms with Gasteiger partial charge in [0.1, 0.15) is 0 Å². The average Bonchev–Trinajstić information content (AvgIpc) is 2.96. The Balaban J connectivity index is 1.75. The zero-order valence-corrected chi connectivity index (χ0v) is 15.6. The van der Waals surface area contributed by atoms with Crippen LogP contribution in [0.25, 0.3) is 0 Å². The van der Waals surface area contributed by atoms with Crippen LogP contribution >= 0.6 is 0 Å². The second-order valence-corrected chi connectivity index (χ2v) is 7.64. The molecule has 3 rings (SSSR count). The number of hydrogen-bond acceptors (Lipinski definition) is 2. The van der Waals surface area contributed by atoms with Crippen LogP contribution < -0.4 is 5.32 Å². The van der Waals surface area contributed by atoms with Crippen molar-refractivity contribution in [1.29, 1.82) is 0 Å². The molecular weight excluding hydrogens is 312 g/mol. The van der Waals surface area contributed by atoms with Crippen LogP contribution in [0.3, 0.4) is 0 Å². The monoisotopic (exact) mass is 340 g/mol. The van der Waals surface area contributed by atoms with Gasteiger partial charge >= 0.3 is 6.03 Å². The first kappa shape index (κ1) is 17.5. The lowest BCUT2D eigenvalue weighted by Crippen LogP contribution is -2.48. The summed E-state index contributed by atoms with van der Waals surface area (Å²) in [6.07, 6.45) is 4.00.